The highest BCUT2D eigenvalue weighted by atomic mass is 16.4. The molecule has 2 N–H and O–H groups in total. The fraction of sp³-hybridized carbons (Fsp3) is 0.900. The molecule has 0 aliphatic rings. The number of nitrogens with one attached hydrogen (secondary N) is 1. The van der Waals surface area contributed by atoms with E-state index in [1.807, 2.05) is 13.8 Å². The highest BCUT2D eigenvalue weighted by molar-refractivity contribution is 5.83. The summed E-state index contributed by atoms with van der Waals surface area (Å²) in [4.78, 5) is 23.0. The monoisotopic (exact) mass is 341 g/mol. The minimum absolute atomic E-state index is 0.0382. The molecule has 0 rings (SSSR count). The molecule has 0 aromatic heterocycles. The predicted octanol–water partition coefficient (Wildman–Crippen LogP) is 5.30. The van der Waals surface area contributed by atoms with Crippen LogP contribution in [-0.2, 0) is 9.59 Å². The fourth-order valence-electron chi connectivity index (χ4n) is 2.88. The predicted molar refractivity (Wildman–Crippen MR) is 100 cm³/mol. The average molecular weight is 342 g/mol. The molecule has 0 saturated carbocycles. The van der Waals surface area contributed by atoms with Crippen LogP contribution in [-0.4, -0.2) is 23.0 Å². The van der Waals surface area contributed by atoms with Crippen LogP contribution in [0.4, 0.5) is 0 Å². The first-order valence-electron chi connectivity index (χ1n) is 10.0. The first-order chi connectivity index (χ1) is 11.5. The van der Waals surface area contributed by atoms with Crippen molar-refractivity contribution in [2.75, 3.05) is 0 Å². The number of carbonyl (C=O) groups excluding carboxylic acids is 1. The zero-order valence-corrected chi connectivity index (χ0v) is 16.1. The summed E-state index contributed by atoms with van der Waals surface area (Å²) in [5.74, 6) is -1.10. The second-order valence-corrected chi connectivity index (χ2v) is 7.05. The van der Waals surface area contributed by atoms with E-state index in [4.69, 9.17) is 5.11 Å². The lowest BCUT2D eigenvalue weighted by Crippen LogP contribution is -2.44. The third-order valence-corrected chi connectivity index (χ3v) is 4.80. The van der Waals surface area contributed by atoms with Gasteiger partial charge < -0.3 is 10.4 Å². The number of amides is 1. The third kappa shape index (κ3) is 12.4. The number of carboxylic acids is 1. The van der Waals surface area contributed by atoms with Gasteiger partial charge in [-0.2, -0.15) is 0 Å². The first-order valence-corrected chi connectivity index (χ1v) is 10.0. The van der Waals surface area contributed by atoms with Crippen LogP contribution in [0.3, 0.4) is 0 Å². The van der Waals surface area contributed by atoms with Crippen LogP contribution in [0, 0.1) is 5.92 Å². The van der Waals surface area contributed by atoms with E-state index in [2.05, 4.69) is 12.2 Å². The van der Waals surface area contributed by atoms with Gasteiger partial charge in [0.15, 0.2) is 0 Å². The normalized spacial score (nSPS) is 13.5. The molecule has 0 bridgehead atoms. The summed E-state index contributed by atoms with van der Waals surface area (Å²) in [6.45, 7) is 6.05. The Morgan fingerprint density at radius 2 is 1.29 bits per heavy atom. The summed E-state index contributed by atoms with van der Waals surface area (Å²) in [6.07, 6.45) is 14.9. The van der Waals surface area contributed by atoms with E-state index in [0.717, 1.165) is 19.3 Å². The van der Waals surface area contributed by atoms with Crippen LogP contribution in [0.5, 0.6) is 0 Å². The van der Waals surface area contributed by atoms with E-state index in [1.54, 1.807) is 0 Å². The first kappa shape index (κ1) is 22.9. The summed E-state index contributed by atoms with van der Waals surface area (Å²) in [7, 11) is 0. The van der Waals surface area contributed by atoms with Gasteiger partial charge in [0.25, 0.3) is 0 Å². The molecule has 0 radical (unpaired) electrons. The van der Waals surface area contributed by atoms with Crippen LogP contribution in [0.1, 0.15) is 104 Å². The van der Waals surface area contributed by atoms with Gasteiger partial charge in [-0.25, -0.2) is 4.79 Å². The Balaban J connectivity index is 3.56. The lowest BCUT2D eigenvalue weighted by atomic mass is 9.99. The maximum atomic E-state index is 11.9. The van der Waals surface area contributed by atoms with Gasteiger partial charge in [-0.1, -0.05) is 91.4 Å². The Bertz CT molecular complexity index is 331. The van der Waals surface area contributed by atoms with Crippen molar-refractivity contribution in [3.63, 3.8) is 0 Å². The molecule has 4 nitrogen and oxygen atoms in total. The summed E-state index contributed by atoms with van der Waals surface area (Å²) in [5, 5.41) is 11.8. The van der Waals surface area contributed by atoms with Crippen molar-refractivity contribution in [3.8, 4) is 0 Å². The summed E-state index contributed by atoms with van der Waals surface area (Å²) < 4.78 is 0. The lowest BCUT2D eigenvalue weighted by Gasteiger charge is -2.20. The number of carboxylic acid groups (broad SMARTS) is 1. The molecule has 0 fully saturated rings. The van der Waals surface area contributed by atoms with Gasteiger partial charge in [-0.15, -0.1) is 0 Å². The van der Waals surface area contributed by atoms with Crippen molar-refractivity contribution in [1.29, 1.82) is 0 Å². The maximum absolute atomic E-state index is 11.9. The number of hydrogen-bond acceptors (Lipinski definition) is 2. The smallest absolute Gasteiger partial charge is 0.326 e. The summed E-state index contributed by atoms with van der Waals surface area (Å²) >= 11 is 0. The van der Waals surface area contributed by atoms with E-state index in [9.17, 15) is 9.59 Å². The van der Waals surface area contributed by atoms with E-state index >= 15 is 0 Å². The molecule has 24 heavy (non-hydrogen) atoms. The Morgan fingerprint density at radius 3 is 1.71 bits per heavy atom. The van der Waals surface area contributed by atoms with E-state index < -0.39 is 12.0 Å². The average Bonchev–Trinajstić information content (AvgIpc) is 2.56. The molecule has 142 valence electrons. The van der Waals surface area contributed by atoms with Gasteiger partial charge >= 0.3 is 5.97 Å². The maximum Gasteiger partial charge on any atom is 0.326 e. The zero-order chi connectivity index (χ0) is 18.2. The van der Waals surface area contributed by atoms with Crippen LogP contribution in [0.15, 0.2) is 0 Å². The van der Waals surface area contributed by atoms with Crippen molar-refractivity contribution < 1.29 is 14.7 Å². The Morgan fingerprint density at radius 1 is 0.833 bits per heavy atom. The van der Waals surface area contributed by atoms with Crippen LogP contribution in [0.2, 0.25) is 0 Å². The molecular formula is C20H39NO3. The van der Waals surface area contributed by atoms with E-state index in [-0.39, 0.29) is 11.8 Å². The van der Waals surface area contributed by atoms with Crippen molar-refractivity contribution in [3.05, 3.63) is 0 Å². The molecule has 0 spiro atoms. The van der Waals surface area contributed by atoms with Crippen LogP contribution in [0.25, 0.3) is 0 Å². The largest absolute Gasteiger partial charge is 0.480 e. The van der Waals surface area contributed by atoms with Gasteiger partial charge in [-0.05, 0) is 12.3 Å². The molecule has 0 heterocycles. The van der Waals surface area contributed by atoms with Crippen molar-refractivity contribution >= 4 is 11.9 Å². The van der Waals surface area contributed by atoms with Gasteiger partial charge in [0, 0.05) is 6.42 Å². The quantitative estimate of drug-likeness (QED) is 0.374. The summed E-state index contributed by atoms with van der Waals surface area (Å²) in [6, 6.07) is -0.754. The van der Waals surface area contributed by atoms with Crippen LogP contribution < -0.4 is 5.32 Å². The number of carbonyl (C=O) groups is 2. The van der Waals surface area contributed by atoms with Gasteiger partial charge in [-0.3, -0.25) is 4.79 Å². The Labute approximate surface area is 148 Å². The lowest BCUT2D eigenvalue weighted by molar-refractivity contribution is -0.143. The zero-order valence-electron chi connectivity index (χ0n) is 16.1. The second kappa shape index (κ2) is 15.5. The van der Waals surface area contributed by atoms with Crippen LogP contribution >= 0.6 is 0 Å². The van der Waals surface area contributed by atoms with Gasteiger partial charge in [0.1, 0.15) is 6.04 Å². The van der Waals surface area contributed by atoms with Crippen molar-refractivity contribution in [2.45, 2.75) is 110 Å². The van der Waals surface area contributed by atoms with Crippen molar-refractivity contribution in [2.24, 2.45) is 5.92 Å². The molecule has 2 atom stereocenters. The number of hydrogen-bond donors (Lipinski definition) is 2. The standard InChI is InChI=1S/C20H39NO3/c1-4-6-7-8-9-10-11-12-13-14-15-16-18(22)21-19(20(23)24)17(3)5-2/h17,19H,4-16H2,1-3H3,(H,21,22)(H,23,24)/t17-,19-/m1/s1. The van der Waals surface area contributed by atoms with Crippen molar-refractivity contribution in [1.82, 2.24) is 5.32 Å². The van der Waals surface area contributed by atoms with E-state index in [1.165, 1.54) is 57.8 Å². The highest BCUT2D eigenvalue weighted by Gasteiger charge is 2.24. The van der Waals surface area contributed by atoms with E-state index in [0.29, 0.717) is 6.42 Å². The summed E-state index contributed by atoms with van der Waals surface area (Å²) in [5.41, 5.74) is 0. The second-order valence-electron chi connectivity index (χ2n) is 7.05. The highest BCUT2D eigenvalue weighted by Crippen LogP contribution is 2.12. The molecule has 0 aromatic rings. The number of unbranched alkanes of at least 4 members (excludes halogenated alkanes) is 10. The molecule has 4 heteroatoms. The minimum Gasteiger partial charge on any atom is -0.480 e. The molecule has 0 aliphatic carbocycles. The molecule has 0 saturated heterocycles. The molecular weight excluding hydrogens is 302 g/mol. The topological polar surface area (TPSA) is 66.4 Å². The molecule has 0 aromatic carbocycles. The number of rotatable bonds is 16. The Kier molecular flexibility index (Phi) is 14.8. The number of aliphatic carboxylic acids is 1. The fourth-order valence-corrected chi connectivity index (χ4v) is 2.88. The van der Waals surface area contributed by atoms with Gasteiger partial charge in [0.2, 0.25) is 5.91 Å². The minimum atomic E-state index is -0.934. The Hall–Kier alpha value is -1.06. The molecule has 0 aliphatic heterocycles. The molecule has 0 unspecified atom stereocenters. The molecule has 1 amide bonds. The van der Waals surface area contributed by atoms with Gasteiger partial charge in [0.05, 0.1) is 0 Å². The SMILES string of the molecule is CCCCCCCCCCCCCC(=O)N[C@@H](C(=O)O)[C@H](C)CC. The third-order valence-electron chi connectivity index (χ3n) is 4.80.